The summed E-state index contributed by atoms with van der Waals surface area (Å²) < 4.78 is 5.33. The molecule has 0 radical (unpaired) electrons. The molecule has 0 heterocycles. The minimum absolute atomic E-state index is 0.0600. The van der Waals surface area contributed by atoms with Crippen LogP contribution in [-0.4, -0.2) is 29.7 Å². The normalized spacial score (nSPS) is 22.6. The SMILES string of the molecule is CCOC1CC1C(=O)NC(C(=O)O)c1ccccc1. The summed E-state index contributed by atoms with van der Waals surface area (Å²) in [5, 5.41) is 11.8. The maximum absolute atomic E-state index is 11.9. The molecule has 5 nitrogen and oxygen atoms in total. The molecule has 1 aliphatic carbocycles. The van der Waals surface area contributed by atoms with E-state index in [4.69, 9.17) is 4.74 Å². The monoisotopic (exact) mass is 263 g/mol. The van der Waals surface area contributed by atoms with E-state index in [1.807, 2.05) is 6.92 Å². The van der Waals surface area contributed by atoms with Gasteiger partial charge in [-0.15, -0.1) is 0 Å². The smallest absolute Gasteiger partial charge is 0.330 e. The summed E-state index contributed by atoms with van der Waals surface area (Å²) in [6.07, 6.45) is 0.607. The number of nitrogens with one attached hydrogen (secondary N) is 1. The van der Waals surface area contributed by atoms with Gasteiger partial charge in [0.2, 0.25) is 5.91 Å². The van der Waals surface area contributed by atoms with Gasteiger partial charge in [0, 0.05) is 6.61 Å². The lowest BCUT2D eigenvalue weighted by Gasteiger charge is -2.14. The van der Waals surface area contributed by atoms with Gasteiger partial charge < -0.3 is 15.2 Å². The summed E-state index contributed by atoms with van der Waals surface area (Å²) in [5.41, 5.74) is 0.567. The number of carbonyl (C=O) groups excluding carboxylic acids is 1. The molecule has 1 fully saturated rings. The van der Waals surface area contributed by atoms with Crippen molar-refractivity contribution in [2.24, 2.45) is 5.92 Å². The fourth-order valence-corrected chi connectivity index (χ4v) is 2.03. The Kier molecular flexibility index (Phi) is 4.16. The Morgan fingerprint density at radius 1 is 1.42 bits per heavy atom. The number of amides is 1. The zero-order valence-corrected chi connectivity index (χ0v) is 10.7. The molecule has 3 unspecified atom stereocenters. The minimum Gasteiger partial charge on any atom is -0.479 e. The molecule has 3 atom stereocenters. The van der Waals surface area contributed by atoms with Gasteiger partial charge in [0.05, 0.1) is 12.0 Å². The van der Waals surface area contributed by atoms with E-state index in [1.54, 1.807) is 30.3 Å². The Morgan fingerprint density at radius 2 is 2.11 bits per heavy atom. The van der Waals surface area contributed by atoms with Crippen LogP contribution in [0.25, 0.3) is 0 Å². The third kappa shape index (κ3) is 3.32. The van der Waals surface area contributed by atoms with Crippen molar-refractivity contribution < 1.29 is 19.4 Å². The molecule has 0 aromatic heterocycles. The number of carboxylic acids is 1. The Morgan fingerprint density at radius 3 is 2.68 bits per heavy atom. The topological polar surface area (TPSA) is 75.6 Å². The Balaban J connectivity index is 1.99. The lowest BCUT2D eigenvalue weighted by atomic mass is 10.1. The number of carboxylic acid groups (broad SMARTS) is 1. The van der Waals surface area contributed by atoms with Crippen LogP contribution in [0.15, 0.2) is 30.3 Å². The second-order valence-corrected chi connectivity index (χ2v) is 4.53. The van der Waals surface area contributed by atoms with Crippen molar-refractivity contribution in [3.8, 4) is 0 Å². The van der Waals surface area contributed by atoms with Crippen LogP contribution in [0.3, 0.4) is 0 Å². The third-order valence-corrected chi connectivity index (χ3v) is 3.12. The number of carbonyl (C=O) groups is 2. The van der Waals surface area contributed by atoms with Crippen LogP contribution >= 0.6 is 0 Å². The van der Waals surface area contributed by atoms with E-state index in [0.717, 1.165) is 0 Å². The van der Waals surface area contributed by atoms with Gasteiger partial charge in [-0.05, 0) is 18.9 Å². The first-order chi connectivity index (χ1) is 9.13. The zero-order chi connectivity index (χ0) is 13.8. The number of hydrogen-bond acceptors (Lipinski definition) is 3. The highest BCUT2D eigenvalue weighted by atomic mass is 16.5. The van der Waals surface area contributed by atoms with E-state index < -0.39 is 12.0 Å². The summed E-state index contributed by atoms with van der Waals surface area (Å²) in [5.74, 6) is -1.53. The first-order valence-corrected chi connectivity index (χ1v) is 6.33. The minimum atomic E-state index is -1.06. The molecule has 1 aromatic rings. The highest BCUT2D eigenvalue weighted by molar-refractivity contribution is 5.87. The molecule has 1 aromatic carbocycles. The predicted octanol–water partition coefficient (Wildman–Crippen LogP) is 1.35. The van der Waals surface area contributed by atoms with E-state index in [-0.39, 0.29) is 17.9 Å². The molecule has 19 heavy (non-hydrogen) atoms. The molecule has 0 spiro atoms. The first-order valence-electron chi connectivity index (χ1n) is 6.33. The highest BCUT2D eigenvalue weighted by Crippen LogP contribution is 2.34. The molecule has 5 heteroatoms. The second-order valence-electron chi connectivity index (χ2n) is 4.53. The van der Waals surface area contributed by atoms with Crippen molar-refractivity contribution >= 4 is 11.9 Å². The molecule has 1 aliphatic rings. The van der Waals surface area contributed by atoms with E-state index in [2.05, 4.69) is 5.32 Å². The van der Waals surface area contributed by atoms with Crippen LogP contribution in [0, 0.1) is 5.92 Å². The molecule has 1 saturated carbocycles. The number of hydrogen-bond donors (Lipinski definition) is 2. The number of ether oxygens (including phenoxy) is 1. The van der Waals surface area contributed by atoms with Crippen molar-refractivity contribution in [2.45, 2.75) is 25.5 Å². The highest BCUT2D eigenvalue weighted by Gasteiger charge is 2.45. The van der Waals surface area contributed by atoms with Gasteiger partial charge >= 0.3 is 5.97 Å². The van der Waals surface area contributed by atoms with Gasteiger partial charge in [-0.2, -0.15) is 0 Å². The van der Waals surface area contributed by atoms with Crippen LogP contribution in [-0.2, 0) is 14.3 Å². The van der Waals surface area contributed by atoms with Crippen LogP contribution in [0.5, 0.6) is 0 Å². The summed E-state index contributed by atoms with van der Waals surface area (Å²) >= 11 is 0. The van der Waals surface area contributed by atoms with Gasteiger partial charge in [0.25, 0.3) is 0 Å². The van der Waals surface area contributed by atoms with Crippen LogP contribution < -0.4 is 5.32 Å². The van der Waals surface area contributed by atoms with E-state index in [1.165, 1.54) is 0 Å². The maximum atomic E-state index is 11.9. The molecule has 0 bridgehead atoms. The van der Waals surface area contributed by atoms with Crippen LogP contribution in [0.4, 0.5) is 0 Å². The molecule has 0 aliphatic heterocycles. The van der Waals surface area contributed by atoms with Crippen molar-refractivity contribution in [2.75, 3.05) is 6.61 Å². The quantitative estimate of drug-likeness (QED) is 0.812. The summed E-state index contributed by atoms with van der Waals surface area (Å²) in [6.45, 7) is 2.44. The van der Waals surface area contributed by atoms with Gasteiger partial charge in [0.15, 0.2) is 6.04 Å². The lowest BCUT2D eigenvalue weighted by molar-refractivity contribution is -0.142. The van der Waals surface area contributed by atoms with Gasteiger partial charge in [-0.25, -0.2) is 4.79 Å². The Hall–Kier alpha value is -1.88. The molecule has 1 amide bonds. The van der Waals surface area contributed by atoms with E-state index in [9.17, 15) is 14.7 Å². The Bertz CT molecular complexity index is 460. The fourth-order valence-electron chi connectivity index (χ4n) is 2.03. The van der Waals surface area contributed by atoms with Crippen molar-refractivity contribution in [1.29, 1.82) is 0 Å². The van der Waals surface area contributed by atoms with Crippen molar-refractivity contribution in [3.05, 3.63) is 35.9 Å². The zero-order valence-electron chi connectivity index (χ0n) is 10.7. The van der Waals surface area contributed by atoms with Gasteiger partial charge in [-0.1, -0.05) is 30.3 Å². The van der Waals surface area contributed by atoms with Crippen LogP contribution in [0.2, 0.25) is 0 Å². The predicted molar refractivity (Wildman–Crippen MR) is 68.5 cm³/mol. The molecule has 2 N–H and O–H groups in total. The molecular weight excluding hydrogens is 246 g/mol. The number of aliphatic carboxylic acids is 1. The second kappa shape index (κ2) is 5.84. The summed E-state index contributed by atoms with van der Waals surface area (Å²) in [6, 6.07) is 7.67. The molecule has 2 rings (SSSR count). The largest absolute Gasteiger partial charge is 0.479 e. The van der Waals surface area contributed by atoms with Crippen molar-refractivity contribution in [1.82, 2.24) is 5.32 Å². The maximum Gasteiger partial charge on any atom is 0.330 e. The molecule has 0 saturated heterocycles. The molecule has 102 valence electrons. The van der Waals surface area contributed by atoms with E-state index >= 15 is 0 Å². The summed E-state index contributed by atoms with van der Waals surface area (Å²) in [7, 11) is 0. The number of benzene rings is 1. The average Bonchev–Trinajstić information content (AvgIpc) is 3.16. The van der Waals surface area contributed by atoms with Gasteiger partial charge in [-0.3, -0.25) is 4.79 Å². The van der Waals surface area contributed by atoms with Crippen LogP contribution in [0.1, 0.15) is 24.9 Å². The fraction of sp³-hybridized carbons (Fsp3) is 0.429. The van der Waals surface area contributed by atoms with E-state index in [0.29, 0.717) is 18.6 Å². The third-order valence-electron chi connectivity index (χ3n) is 3.12. The van der Waals surface area contributed by atoms with Gasteiger partial charge in [0.1, 0.15) is 0 Å². The lowest BCUT2D eigenvalue weighted by Crippen LogP contribution is -2.35. The molecular formula is C14H17NO4. The summed E-state index contributed by atoms with van der Waals surface area (Å²) in [4.78, 5) is 23.2. The standard InChI is InChI=1S/C14H17NO4/c1-2-19-11-8-10(11)13(16)15-12(14(17)18)9-6-4-3-5-7-9/h3-7,10-12H,2,8H2,1H3,(H,15,16)(H,17,18). The van der Waals surface area contributed by atoms with Crippen molar-refractivity contribution in [3.63, 3.8) is 0 Å². The first kappa shape index (κ1) is 13.5. The Labute approximate surface area is 111 Å². The number of rotatable bonds is 6. The average molecular weight is 263 g/mol.